The number of nitrogens with zero attached hydrogens (tertiary/aromatic N) is 2. The first-order valence-corrected chi connectivity index (χ1v) is 6.25. The molecule has 1 N–H and O–H groups in total. The van der Waals surface area contributed by atoms with Gasteiger partial charge in [0.2, 0.25) is 5.91 Å². The number of nitrogens with one attached hydrogen (secondary N) is 1. The lowest BCUT2D eigenvalue weighted by Gasteiger charge is -2.04. The highest BCUT2D eigenvalue weighted by Crippen LogP contribution is 2.30. The molecule has 1 amide bonds. The van der Waals surface area contributed by atoms with E-state index < -0.39 is 0 Å². The van der Waals surface area contributed by atoms with Crippen molar-refractivity contribution in [2.45, 2.75) is 12.8 Å². The number of hydrogen-bond donors (Lipinski definition) is 1. The average Bonchev–Trinajstić information content (AvgIpc) is 3.06. The molecule has 4 nitrogen and oxygen atoms in total. The van der Waals surface area contributed by atoms with Gasteiger partial charge in [0.05, 0.1) is 11.9 Å². The maximum atomic E-state index is 11.6. The Balaban J connectivity index is 1.91. The van der Waals surface area contributed by atoms with Crippen molar-refractivity contribution in [1.82, 2.24) is 9.38 Å². The summed E-state index contributed by atoms with van der Waals surface area (Å²) in [5.74, 6) is 0.368. The summed E-state index contributed by atoms with van der Waals surface area (Å²) in [5, 5.41) is 2.92. The fourth-order valence-electron chi connectivity index (χ4n) is 1.61. The van der Waals surface area contributed by atoms with Crippen LogP contribution in [0.25, 0.3) is 5.65 Å². The zero-order chi connectivity index (χ0) is 11.1. The molecular weight excluding hydrogens is 317 g/mol. The highest BCUT2D eigenvalue weighted by atomic mass is 127. The number of imidazole rings is 1. The van der Waals surface area contributed by atoms with Crippen LogP contribution in [0.2, 0.25) is 0 Å². The summed E-state index contributed by atoms with van der Waals surface area (Å²) in [6.45, 7) is 0. The van der Waals surface area contributed by atoms with Crippen LogP contribution < -0.4 is 5.32 Å². The Bertz CT molecular complexity index is 559. The molecule has 0 spiro atoms. The Morgan fingerprint density at radius 3 is 3.06 bits per heavy atom. The molecule has 3 rings (SSSR count). The number of amides is 1. The Morgan fingerprint density at radius 2 is 2.31 bits per heavy atom. The number of fused-ring (bicyclic) bond motifs is 1. The molecule has 1 saturated carbocycles. The standard InChI is InChI=1S/C11H10IN3O/c12-9-5-13-10-4-3-8(6-15(9)10)14-11(16)7-1-2-7/h3-7H,1-2H2,(H,14,16). The molecular formula is C11H10IN3O. The van der Waals surface area contributed by atoms with Gasteiger partial charge in [-0.3, -0.25) is 9.20 Å². The summed E-state index contributed by atoms with van der Waals surface area (Å²) in [6.07, 6.45) is 5.76. The second-order valence-electron chi connectivity index (χ2n) is 3.99. The van der Waals surface area contributed by atoms with Gasteiger partial charge in [0, 0.05) is 12.1 Å². The number of rotatable bonds is 2. The van der Waals surface area contributed by atoms with Gasteiger partial charge in [0.25, 0.3) is 0 Å². The third-order valence-electron chi connectivity index (χ3n) is 2.68. The Morgan fingerprint density at radius 1 is 1.50 bits per heavy atom. The van der Waals surface area contributed by atoms with Crippen LogP contribution in [0.5, 0.6) is 0 Å². The normalized spacial score (nSPS) is 15.3. The van der Waals surface area contributed by atoms with E-state index in [9.17, 15) is 4.79 Å². The highest BCUT2D eigenvalue weighted by Gasteiger charge is 2.29. The van der Waals surface area contributed by atoms with Crippen LogP contribution in [0, 0.1) is 9.62 Å². The molecule has 0 unspecified atom stereocenters. The van der Waals surface area contributed by atoms with Crippen LogP contribution in [0.4, 0.5) is 5.69 Å². The molecule has 1 fully saturated rings. The number of pyridine rings is 1. The lowest BCUT2D eigenvalue weighted by Crippen LogP contribution is -2.13. The lowest BCUT2D eigenvalue weighted by atomic mass is 10.3. The fraction of sp³-hybridized carbons (Fsp3) is 0.273. The molecule has 0 radical (unpaired) electrons. The van der Waals surface area contributed by atoms with Gasteiger partial charge >= 0.3 is 0 Å². The van der Waals surface area contributed by atoms with Crippen molar-refractivity contribution in [2.75, 3.05) is 5.32 Å². The van der Waals surface area contributed by atoms with Crippen LogP contribution in [-0.4, -0.2) is 15.3 Å². The van der Waals surface area contributed by atoms with E-state index in [0.29, 0.717) is 0 Å². The highest BCUT2D eigenvalue weighted by molar-refractivity contribution is 14.1. The van der Waals surface area contributed by atoms with E-state index in [1.807, 2.05) is 28.9 Å². The minimum Gasteiger partial charge on any atom is -0.325 e. The van der Waals surface area contributed by atoms with E-state index in [2.05, 4.69) is 32.9 Å². The second-order valence-corrected chi connectivity index (χ2v) is 5.10. The summed E-state index contributed by atoms with van der Waals surface area (Å²) < 4.78 is 3.00. The van der Waals surface area contributed by atoms with E-state index in [1.54, 1.807) is 0 Å². The number of carbonyl (C=O) groups excluding carboxylic acids is 1. The molecule has 1 aliphatic carbocycles. The average molecular weight is 327 g/mol. The topological polar surface area (TPSA) is 46.4 Å². The molecule has 0 bridgehead atoms. The van der Waals surface area contributed by atoms with E-state index in [4.69, 9.17) is 0 Å². The van der Waals surface area contributed by atoms with Crippen molar-refractivity contribution in [3.05, 3.63) is 28.2 Å². The molecule has 2 heterocycles. The van der Waals surface area contributed by atoms with Gasteiger partial charge in [-0.25, -0.2) is 4.98 Å². The molecule has 16 heavy (non-hydrogen) atoms. The van der Waals surface area contributed by atoms with Gasteiger partial charge in [-0.05, 0) is 47.6 Å². The second kappa shape index (κ2) is 3.73. The van der Waals surface area contributed by atoms with Crippen LogP contribution >= 0.6 is 22.6 Å². The summed E-state index contributed by atoms with van der Waals surface area (Å²) in [6, 6.07) is 3.80. The summed E-state index contributed by atoms with van der Waals surface area (Å²) in [4.78, 5) is 15.8. The van der Waals surface area contributed by atoms with Crippen molar-refractivity contribution < 1.29 is 4.79 Å². The van der Waals surface area contributed by atoms with Crippen molar-refractivity contribution in [3.63, 3.8) is 0 Å². The van der Waals surface area contributed by atoms with Gasteiger partial charge in [-0.2, -0.15) is 0 Å². The van der Waals surface area contributed by atoms with Crippen molar-refractivity contribution in [3.8, 4) is 0 Å². The molecule has 2 aromatic heterocycles. The molecule has 0 saturated heterocycles. The van der Waals surface area contributed by atoms with Crippen LogP contribution in [0.15, 0.2) is 24.5 Å². The summed E-state index contributed by atoms with van der Waals surface area (Å²) in [7, 11) is 0. The zero-order valence-corrected chi connectivity index (χ0v) is 10.6. The zero-order valence-electron chi connectivity index (χ0n) is 8.48. The maximum Gasteiger partial charge on any atom is 0.227 e. The minimum absolute atomic E-state index is 0.134. The smallest absolute Gasteiger partial charge is 0.227 e. The molecule has 0 atom stereocenters. The van der Waals surface area contributed by atoms with Gasteiger partial charge in [0.1, 0.15) is 9.35 Å². The van der Waals surface area contributed by atoms with Crippen LogP contribution in [-0.2, 0) is 4.79 Å². The Kier molecular flexibility index (Phi) is 2.34. The van der Waals surface area contributed by atoms with Gasteiger partial charge in [-0.15, -0.1) is 0 Å². The van der Waals surface area contributed by atoms with Crippen LogP contribution in [0.1, 0.15) is 12.8 Å². The Labute approximate surface area is 106 Å². The largest absolute Gasteiger partial charge is 0.325 e. The first kappa shape index (κ1) is 10.1. The molecule has 0 aromatic carbocycles. The molecule has 1 aliphatic rings. The number of anilines is 1. The van der Waals surface area contributed by atoms with Gasteiger partial charge < -0.3 is 5.32 Å². The van der Waals surface area contributed by atoms with E-state index in [1.165, 1.54) is 0 Å². The predicted octanol–water partition coefficient (Wildman–Crippen LogP) is 2.29. The van der Waals surface area contributed by atoms with E-state index >= 15 is 0 Å². The van der Waals surface area contributed by atoms with Gasteiger partial charge in [0.15, 0.2) is 0 Å². The van der Waals surface area contributed by atoms with E-state index in [0.717, 1.165) is 27.9 Å². The Hall–Kier alpha value is -1.11. The number of carbonyl (C=O) groups is 1. The number of aromatic nitrogens is 2. The molecule has 82 valence electrons. The third kappa shape index (κ3) is 1.79. The molecule has 0 aliphatic heterocycles. The van der Waals surface area contributed by atoms with E-state index in [-0.39, 0.29) is 11.8 Å². The molecule has 5 heteroatoms. The third-order valence-corrected chi connectivity index (χ3v) is 3.47. The molecule has 2 aromatic rings. The summed E-state index contributed by atoms with van der Waals surface area (Å²) in [5.41, 5.74) is 1.73. The van der Waals surface area contributed by atoms with Crippen LogP contribution in [0.3, 0.4) is 0 Å². The number of hydrogen-bond acceptors (Lipinski definition) is 2. The summed E-state index contributed by atoms with van der Waals surface area (Å²) >= 11 is 2.22. The monoisotopic (exact) mass is 327 g/mol. The van der Waals surface area contributed by atoms with Gasteiger partial charge in [-0.1, -0.05) is 0 Å². The van der Waals surface area contributed by atoms with Crippen molar-refractivity contribution >= 4 is 39.8 Å². The lowest BCUT2D eigenvalue weighted by molar-refractivity contribution is -0.117. The minimum atomic E-state index is 0.134. The quantitative estimate of drug-likeness (QED) is 0.861. The SMILES string of the molecule is O=C(Nc1ccc2ncc(I)n2c1)C1CC1. The maximum absolute atomic E-state index is 11.6. The fourth-order valence-corrected chi connectivity index (χ4v) is 2.14. The predicted molar refractivity (Wildman–Crippen MR) is 69.3 cm³/mol. The number of halogens is 1. The van der Waals surface area contributed by atoms with Crippen molar-refractivity contribution in [1.29, 1.82) is 0 Å². The first-order chi connectivity index (χ1) is 7.74. The van der Waals surface area contributed by atoms with Crippen molar-refractivity contribution in [2.24, 2.45) is 5.92 Å². The first-order valence-electron chi connectivity index (χ1n) is 5.17.